The third kappa shape index (κ3) is 4.83. The summed E-state index contributed by atoms with van der Waals surface area (Å²) in [5.41, 5.74) is 3.23. The molecule has 1 N–H and O–H groups in total. The molecule has 0 radical (unpaired) electrons. The van der Waals surface area contributed by atoms with Crippen molar-refractivity contribution in [1.29, 1.82) is 5.26 Å². The van der Waals surface area contributed by atoms with Crippen molar-refractivity contribution < 1.29 is 13.2 Å². The van der Waals surface area contributed by atoms with Crippen molar-refractivity contribution in [3.8, 4) is 29.1 Å². The van der Waals surface area contributed by atoms with Crippen LogP contribution in [0.5, 0.6) is 11.6 Å². The molecule has 0 unspecified atom stereocenters. The lowest BCUT2D eigenvalue weighted by atomic mass is 10.2. The number of aryl methyl sites for hydroxylation is 3. The molecule has 9 nitrogen and oxygen atoms in total. The Morgan fingerprint density at radius 2 is 1.86 bits per heavy atom. The molecule has 0 aromatic carbocycles. The Labute approximate surface area is 168 Å². The zero-order valence-corrected chi connectivity index (χ0v) is 17.1. The summed E-state index contributed by atoms with van der Waals surface area (Å²) in [5.74, 6) is 0.722. The first-order valence-electron chi connectivity index (χ1n) is 8.49. The summed E-state index contributed by atoms with van der Waals surface area (Å²) in [4.78, 5) is 16.9. The van der Waals surface area contributed by atoms with Crippen molar-refractivity contribution >= 4 is 15.7 Å². The lowest BCUT2D eigenvalue weighted by Crippen LogP contribution is -2.12. The Kier molecular flexibility index (Phi) is 5.43. The highest BCUT2D eigenvalue weighted by atomic mass is 32.2. The maximum atomic E-state index is 11.7. The average molecular weight is 410 g/mol. The molecule has 0 aliphatic heterocycles. The first-order chi connectivity index (χ1) is 13.7. The maximum Gasteiger partial charge on any atom is 0.247 e. The molecule has 0 aliphatic carbocycles. The third-order valence-corrected chi connectivity index (χ3v) is 4.42. The molecule has 0 saturated carbocycles. The number of anilines is 1. The number of sulfonamides is 1. The summed E-state index contributed by atoms with van der Waals surface area (Å²) in [5, 5.41) is 9.07. The fraction of sp³-hybridized carbons (Fsp3) is 0.211. The van der Waals surface area contributed by atoms with Crippen LogP contribution in [0.15, 0.2) is 30.7 Å². The highest BCUT2D eigenvalue weighted by molar-refractivity contribution is 7.92. The number of hydrogen-bond acceptors (Lipinski definition) is 8. The first-order valence-corrected chi connectivity index (χ1v) is 10.4. The van der Waals surface area contributed by atoms with E-state index in [1.54, 1.807) is 13.0 Å². The van der Waals surface area contributed by atoms with Gasteiger partial charge in [-0.1, -0.05) is 0 Å². The molecule has 3 aromatic heterocycles. The molecule has 29 heavy (non-hydrogen) atoms. The standard InChI is InChI=1S/C19H18N6O3S/c1-11-5-12(2)23-13(3)17(11)28-19-16(25-29(4,26)27)10-22-18(24-19)15-6-14(7-20)8-21-9-15/h5-6,8-10,25H,1-4H3. The van der Waals surface area contributed by atoms with Crippen molar-refractivity contribution in [3.05, 3.63) is 53.2 Å². The van der Waals surface area contributed by atoms with Crippen LogP contribution in [0.3, 0.4) is 0 Å². The molecule has 0 spiro atoms. The second kappa shape index (κ2) is 7.81. The quantitative estimate of drug-likeness (QED) is 0.679. The molecule has 0 bridgehead atoms. The van der Waals surface area contributed by atoms with E-state index >= 15 is 0 Å². The number of nitrogens with one attached hydrogen (secondary N) is 1. The van der Waals surface area contributed by atoms with Gasteiger partial charge in [0.15, 0.2) is 11.6 Å². The summed E-state index contributed by atoms with van der Waals surface area (Å²) >= 11 is 0. The molecular formula is C19H18N6O3S. The molecule has 0 saturated heterocycles. The predicted octanol–water partition coefficient (Wildman–Crippen LogP) is 2.89. The summed E-state index contributed by atoms with van der Waals surface area (Å²) in [6, 6.07) is 5.44. The normalized spacial score (nSPS) is 11.0. The van der Waals surface area contributed by atoms with Crippen molar-refractivity contribution in [2.75, 3.05) is 11.0 Å². The minimum Gasteiger partial charge on any atom is -0.435 e. The Bertz CT molecular complexity index is 1210. The van der Waals surface area contributed by atoms with Crippen LogP contribution in [0.4, 0.5) is 5.69 Å². The maximum absolute atomic E-state index is 11.7. The van der Waals surface area contributed by atoms with Crippen molar-refractivity contribution in [1.82, 2.24) is 19.9 Å². The predicted molar refractivity (Wildman–Crippen MR) is 107 cm³/mol. The number of ether oxygens (including phenoxy) is 1. The van der Waals surface area contributed by atoms with E-state index in [-0.39, 0.29) is 17.4 Å². The number of pyridine rings is 2. The highest BCUT2D eigenvalue weighted by Gasteiger charge is 2.17. The Morgan fingerprint density at radius 3 is 2.52 bits per heavy atom. The first kappa shape index (κ1) is 20.2. The number of aromatic nitrogens is 4. The fourth-order valence-corrected chi connectivity index (χ4v) is 3.28. The smallest absolute Gasteiger partial charge is 0.247 e. The Balaban J connectivity index is 2.12. The minimum atomic E-state index is -3.59. The van der Waals surface area contributed by atoms with Crippen LogP contribution in [-0.4, -0.2) is 34.6 Å². The molecule has 3 aromatic rings. The van der Waals surface area contributed by atoms with Gasteiger partial charge in [-0.2, -0.15) is 10.2 Å². The molecule has 0 aliphatic rings. The van der Waals surface area contributed by atoms with Crippen molar-refractivity contribution in [2.24, 2.45) is 0 Å². The molecule has 0 atom stereocenters. The molecule has 10 heteroatoms. The lowest BCUT2D eigenvalue weighted by Gasteiger charge is -2.15. The third-order valence-electron chi connectivity index (χ3n) is 3.83. The van der Waals surface area contributed by atoms with Crippen LogP contribution in [-0.2, 0) is 10.0 Å². The van der Waals surface area contributed by atoms with Gasteiger partial charge in [0.1, 0.15) is 11.8 Å². The Morgan fingerprint density at radius 1 is 1.10 bits per heavy atom. The molecule has 0 amide bonds. The van der Waals surface area contributed by atoms with Gasteiger partial charge in [-0.05, 0) is 38.5 Å². The monoisotopic (exact) mass is 410 g/mol. The van der Waals surface area contributed by atoms with E-state index in [9.17, 15) is 8.42 Å². The van der Waals surface area contributed by atoms with Crippen LogP contribution < -0.4 is 9.46 Å². The second-order valence-electron chi connectivity index (χ2n) is 6.46. The van der Waals surface area contributed by atoms with Crippen molar-refractivity contribution in [2.45, 2.75) is 20.8 Å². The summed E-state index contributed by atoms with van der Waals surface area (Å²) in [6.45, 7) is 5.53. The number of nitrogens with zero attached hydrogens (tertiary/aromatic N) is 5. The molecule has 0 fully saturated rings. The van der Waals surface area contributed by atoms with Gasteiger partial charge in [0.05, 0.1) is 23.7 Å². The van der Waals surface area contributed by atoms with Gasteiger partial charge in [0, 0.05) is 23.7 Å². The van der Waals surface area contributed by atoms with Gasteiger partial charge in [-0.25, -0.2) is 13.4 Å². The van der Waals surface area contributed by atoms with Gasteiger partial charge in [-0.3, -0.25) is 14.7 Å². The molecule has 3 heterocycles. The van der Waals surface area contributed by atoms with E-state index in [0.29, 0.717) is 22.6 Å². The molecule has 148 valence electrons. The van der Waals surface area contributed by atoms with Crippen LogP contribution in [0.1, 0.15) is 22.5 Å². The van der Waals surface area contributed by atoms with Gasteiger partial charge >= 0.3 is 0 Å². The SMILES string of the molecule is Cc1cc(C)c(Oc2nc(-c3cncc(C#N)c3)ncc2NS(C)(=O)=O)c(C)n1. The van der Waals surface area contributed by atoms with Gasteiger partial charge in [-0.15, -0.1) is 0 Å². The zero-order valence-electron chi connectivity index (χ0n) is 16.3. The van der Waals surface area contributed by atoms with Crippen LogP contribution >= 0.6 is 0 Å². The summed E-state index contributed by atoms with van der Waals surface area (Å²) in [6.07, 6.45) is 5.26. The average Bonchev–Trinajstić information content (AvgIpc) is 2.64. The second-order valence-corrected chi connectivity index (χ2v) is 8.21. The van der Waals surface area contributed by atoms with Gasteiger partial charge in [0.25, 0.3) is 0 Å². The number of hydrogen-bond donors (Lipinski definition) is 1. The van der Waals surface area contributed by atoms with Crippen LogP contribution in [0, 0.1) is 32.1 Å². The van der Waals surface area contributed by atoms with Crippen LogP contribution in [0.25, 0.3) is 11.4 Å². The Hall–Kier alpha value is -3.58. The molecule has 3 rings (SSSR count). The fourth-order valence-electron chi connectivity index (χ4n) is 2.74. The van der Waals surface area contributed by atoms with Gasteiger partial charge < -0.3 is 4.74 Å². The van der Waals surface area contributed by atoms with E-state index in [2.05, 4.69) is 24.7 Å². The van der Waals surface area contributed by atoms with Crippen LogP contribution in [0.2, 0.25) is 0 Å². The number of nitriles is 1. The van der Waals surface area contributed by atoms with E-state index in [0.717, 1.165) is 17.5 Å². The lowest BCUT2D eigenvalue weighted by molar-refractivity contribution is 0.454. The topological polar surface area (TPSA) is 131 Å². The molecular weight excluding hydrogens is 392 g/mol. The van der Waals surface area contributed by atoms with E-state index in [1.807, 2.05) is 26.0 Å². The largest absolute Gasteiger partial charge is 0.435 e. The van der Waals surface area contributed by atoms with E-state index in [1.165, 1.54) is 18.6 Å². The summed E-state index contributed by atoms with van der Waals surface area (Å²) < 4.78 is 31.8. The van der Waals surface area contributed by atoms with E-state index in [4.69, 9.17) is 10.00 Å². The highest BCUT2D eigenvalue weighted by Crippen LogP contribution is 2.33. The zero-order chi connectivity index (χ0) is 21.2. The minimum absolute atomic E-state index is 0.0136. The van der Waals surface area contributed by atoms with E-state index < -0.39 is 10.0 Å². The van der Waals surface area contributed by atoms with Gasteiger partial charge in [0.2, 0.25) is 15.9 Å². The van der Waals surface area contributed by atoms with Crippen molar-refractivity contribution in [3.63, 3.8) is 0 Å². The summed E-state index contributed by atoms with van der Waals surface area (Å²) in [7, 11) is -3.59. The number of rotatable bonds is 5.